The van der Waals surface area contributed by atoms with Crippen LogP contribution >= 0.6 is 0 Å². The van der Waals surface area contributed by atoms with E-state index in [4.69, 9.17) is 0 Å². The summed E-state index contributed by atoms with van der Waals surface area (Å²) in [5.74, 6) is -31.8. The number of hydrogen-bond acceptors (Lipinski definition) is 3. The van der Waals surface area contributed by atoms with Crippen LogP contribution in [-0.2, 0) is 14.3 Å². The first kappa shape index (κ1) is 30.0. The molecule has 0 spiro atoms. The van der Waals surface area contributed by atoms with Crippen molar-refractivity contribution in [2.75, 3.05) is 13.2 Å². The van der Waals surface area contributed by atoms with Gasteiger partial charge in [-0.05, 0) is 19.3 Å². The highest BCUT2D eigenvalue weighted by Gasteiger charge is 2.77. The van der Waals surface area contributed by atoms with Crippen LogP contribution in [0.3, 0.4) is 0 Å². The van der Waals surface area contributed by atoms with E-state index >= 15 is 0 Å². The second-order valence-corrected chi connectivity index (χ2v) is 6.10. The van der Waals surface area contributed by atoms with Crippen molar-refractivity contribution < 1.29 is 75.8 Å². The van der Waals surface area contributed by atoms with Gasteiger partial charge >= 0.3 is 42.0 Å². The maximum atomic E-state index is 13.0. The quantitative estimate of drug-likeness (QED) is 0.246. The molecular weight excluding hydrogens is 496 g/mol. The van der Waals surface area contributed by atoms with Crippen molar-refractivity contribution in [1.82, 2.24) is 5.32 Å². The van der Waals surface area contributed by atoms with Crippen LogP contribution in [0.2, 0.25) is 0 Å². The number of unbranched alkanes of at least 4 members (excludes halogenated alkanes) is 3. The van der Waals surface area contributed by atoms with Gasteiger partial charge in [0.15, 0.2) is 0 Å². The predicted molar refractivity (Wildman–Crippen MR) is 74.3 cm³/mol. The molecule has 1 N–H and O–H groups in total. The van der Waals surface area contributed by atoms with E-state index in [2.05, 4.69) is 4.74 Å². The topological polar surface area (TPSA) is 55.4 Å². The molecule has 32 heavy (non-hydrogen) atoms. The molecule has 0 unspecified atom stereocenters. The van der Waals surface area contributed by atoms with Crippen LogP contribution in [0.5, 0.6) is 0 Å². The molecule has 0 bridgehead atoms. The minimum absolute atomic E-state index is 0.159. The summed E-state index contributed by atoms with van der Waals surface area (Å²) >= 11 is 0. The Kier molecular flexibility index (Phi) is 9.22. The van der Waals surface area contributed by atoms with Gasteiger partial charge in [0.2, 0.25) is 0 Å². The molecule has 0 saturated carbocycles. The second kappa shape index (κ2) is 9.84. The fourth-order valence-electron chi connectivity index (χ4n) is 1.78. The Morgan fingerprint density at radius 2 is 1.00 bits per heavy atom. The summed E-state index contributed by atoms with van der Waals surface area (Å²) in [7, 11) is 0. The first-order valence-electron chi connectivity index (χ1n) is 8.15. The number of ether oxygens (including phenoxy) is 1. The molecule has 0 aliphatic rings. The zero-order valence-electron chi connectivity index (χ0n) is 15.3. The zero-order chi connectivity index (χ0) is 25.8. The van der Waals surface area contributed by atoms with Gasteiger partial charge in [0.25, 0.3) is 5.91 Å². The third-order valence-electron chi connectivity index (χ3n) is 3.63. The Balaban J connectivity index is 4.36. The normalized spacial score (nSPS) is 14.3. The molecular formula is C14H13F14NO3. The maximum Gasteiger partial charge on any atom is 0.460 e. The van der Waals surface area contributed by atoms with Gasteiger partial charge in [-0.1, -0.05) is 6.42 Å². The summed E-state index contributed by atoms with van der Waals surface area (Å²) in [4.78, 5) is 21.7. The summed E-state index contributed by atoms with van der Waals surface area (Å²) in [5.41, 5.74) is 0. The number of alkyl halides is 14. The highest BCUT2D eigenvalue weighted by Crippen LogP contribution is 2.47. The van der Waals surface area contributed by atoms with Crippen LogP contribution in [-0.4, -0.2) is 61.1 Å². The Morgan fingerprint density at radius 3 is 1.44 bits per heavy atom. The number of nitrogens with one attached hydrogen (secondary N) is 1. The predicted octanol–water partition coefficient (Wildman–Crippen LogP) is 4.87. The van der Waals surface area contributed by atoms with E-state index in [1.807, 2.05) is 0 Å². The van der Waals surface area contributed by atoms with Gasteiger partial charge in [-0.3, -0.25) is 4.79 Å². The number of amides is 1. The SMILES string of the molecule is O=C(NCCCCCCOC(=O)C(F)(F)C(F)(F)C(F)(F)F)C(F)(F)C(F)(F)C(F)(F)F. The molecule has 4 nitrogen and oxygen atoms in total. The zero-order valence-corrected chi connectivity index (χ0v) is 15.3. The first-order chi connectivity index (χ1) is 14.0. The van der Waals surface area contributed by atoms with E-state index < -0.39 is 67.5 Å². The molecule has 18 heteroatoms. The van der Waals surface area contributed by atoms with E-state index in [1.165, 1.54) is 0 Å². The van der Waals surface area contributed by atoms with Crippen LogP contribution < -0.4 is 5.32 Å². The van der Waals surface area contributed by atoms with Crippen LogP contribution in [0.1, 0.15) is 25.7 Å². The van der Waals surface area contributed by atoms with Gasteiger partial charge in [0, 0.05) is 6.54 Å². The molecule has 0 rings (SSSR count). The molecule has 1 amide bonds. The molecule has 0 aliphatic carbocycles. The number of esters is 1. The number of halogens is 14. The Hall–Kier alpha value is -2.04. The summed E-state index contributed by atoms with van der Waals surface area (Å²) in [6, 6.07) is 0. The molecule has 0 atom stereocenters. The van der Waals surface area contributed by atoms with Crippen LogP contribution in [0, 0.1) is 0 Å². The third-order valence-corrected chi connectivity index (χ3v) is 3.63. The molecule has 190 valence electrons. The monoisotopic (exact) mass is 509 g/mol. The van der Waals surface area contributed by atoms with Gasteiger partial charge in [-0.25, -0.2) is 4.79 Å². The van der Waals surface area contributed by atoms with E-state index in [9.17, 15) is 71.1 Å². The average molecular weight is 509 g/mol. The van der Waals surface area contributed by atoms with Gasteiger partial charge in [0.05, 0.1) is 6.61 Å². The second-order valence-electron chi connectivity index (χ2n) is 6.10. The Labute approximate surface area is 169 Å². The fraction of sp³-hybridized carbons (Fsp3) is 0.857. The molecule has 0 radical (unpaired) electrons. The molecule has 0 aromatic carbocycles. The number of rotatable bonds is 11. The number of carbonyl (C=O) groups excluding carboxylic acids is 2. The summed E-state index contributed by atoms with van der Waals surface area (Å²) in [6.07, 6.45) is -14.6. The molecule has 0 saturated heterocycles. The minimum atomic E-state index is -6.75. The van der Waals surface area contributed by atoms with Crippen molar-refractivity contribution in [3.63, 3.8) is 0 Å². The van der Waals surface area contributed by atoms with Crippen molar-refractivity contribution >= 4 is 11.9 Å². The number of carbonyl (C=O) groups is 2. The highest BCUT2D eigenvalue weighted by atomic mass is 19.4. The van der Waals surface area contributed by atoms with E-state index in [1.54, 1.807) is 0 Å². The Morgan fingerprint density at radius 1 is 0.594 bits per heavy atom. The summed E-state index contributed by atoms with van der Waals surface area (Å²) < 4.78 is 177. The van der Waals surface area contributed by atoms with Crippen molar-refractivity contribution in [3.8, 4) is 0 Å². The van der Waals surface area contributed by atoms with E-state index in [-0.39, 0.29) is 19.3 Å². The lowest BCUT2D eigenvalue weighted by molar-refractivity contribution is -0.348. The molecule has 0 aromatic rings. The first-order valence-corrected chi connectivity index (χ1v) is 8.15. The lowest BCUT2D eigenvalue weighted by Crippen LogP contribution is -2.59. The Bertz CT molecular complexity index is 600. The van der Waals surface area contributed by atoms with Gasteiger partial charge in [0.1, 0.15) is 0 Å². The number of hydrogen-bond donors (Lipinski definition) is 1. The van der Waals surface area contributed by atoms with Crippen LogP contribution in [0.4, 0.5) is 61.5 Å². The summed E-state index contributed by atoms with van der Waals surface area (Å²) in [6.45, 7) is -1.90. The molecule has 0 fully saturated rings. The van der Waals surface area contributed by atoms with Crippen molar-refractivity contribution in [2.24, 2.45) is 0 Å². The van der Waals surface area contributed by atoms with Crippen molar-refractivity contribution in [1.29, 1.82) is 0 Å². The largest absolute Gasteiger partial charge is 0.461 e. The lowest BCUT2D eigenvalue weighted by Gasteiger charge is -2.27. The maximum absolute atomic E-state index is 13.0. The van der Waals surface area contributed by atoms with E-state index in [0.29, 0.717) is 0 Å². The summed E-state index contributed by atoms with van der Waals surface area (Å²) in [5, 5.41) is 1.12. The minimum Gasteiger partial charge on any atom is -0.461 e. The van der Waals surface area contributed by atoms with E-state index in [0.717, 1.165) is 5.32 Å². The molecule has 0 aromatic heterocycles. The highest BCUT2D eigenvalue weighted by molar-refractivity contribution is 5.84. The lowest BCUT2D eigenvalue weighted by atomic mass is 10.1. The molecule has 0 aliphatic heterocycles. The van der Waals surface area contributed by atoms with Crippen molar-refractivity contribution in [3.05, 3.63) is 0 Å². The average Bonchev–Trinajstić information content (AvgIpc) is 2.60. The molecule has 0 heterocycles. The van der Waals surface area contributed by atoms with Crippen molar-refractivity contribution in [2.45, 2.75) is 61.7 Å². The standard InChI is InChI=1S/C14H13F14NO3/c15-9(16,11(19,20)13(23,24)25)7(30)29-5-3-1-2-4-6-32-8(31)10(17,18)12(21,22)14(26,27)28/h1-6H2,(H,29,30). The van der Waals surface area contributed by atoms with Gasteiger partial charge in [-0.2, -0.15) is 61.5 Å². The van der Waals surface area contributed by atoms with Crippen LogP contribution in [0.25, 0.3) is 0 Å². The third kappa shape index (κ3) is 6.26. The van der Waals surface area contributed by atoms with Crippen LogP contribution in [0.15, 0.2) is 0 Å². The smallest absolute Gasteiger partial charge is 0.460 e. The van der Waals surface area contributed by atoms with Gasteiger partial charge in [-0.15, -0.1) is 0 Å². The fourth-order valence-corrected chi connectivity index (χ4v) is 1.78. The van der Waals surface area contributed by atoms with Gasteiger partial charge < -0.3 is 10.1 Å².